The van der Waals surface area contributed by atoms with E-state index in [1.165, 1.54) is 7.11 Å². The van der Waals surface area contributed by atoms with E-state index in [1.54, 1.807) is 11.8 Å². The van der Waals surface area contributed by atoms with E-state index in [4.69, 9.17) is 5.73 Å². The SMILES string of the molecule is COC(=O)CN1CCN(C(=O)C(C)(N)c2ccccc2)CC1. The Hall–Kier alpha value is -1.92. The Labute approximate surface area is 130 Å². The number of piperazine rings is 1. The highest BCUT2D eigenvalue weighted by molar-refractivity contribution is 5.87. The molecule has 0 radical (unpaired) electrons. The van der Waals surface area contributed by atoms with Gasteiger partial charge in [-0.15, -0.1) is 0 Å². The van der Waals surface area contributed by atoms with Crippen molar-refractivity contribution in [1.82, 2.24) is 9.80 Å². The lowest BCUT2D eigenvalue weighted by Gasteiger charge is -2.38. The number of rotatable bonds is 4. The third-order valence-corrected chi connectivity index (χ3v) is 4.06. The quantitative estimate of drug-likeness (QED) is 0.803. The van der Waals surface area contributed by atoms with Crippen molar-refractivity contribution in [3.63, 3.8) is 0 Å². The predicted molar refractivity (Wildman–Crippen MR) is 83.0 cm³/mol. The van der Waals surface area contributed by atoms with E-state index in [9.17, 15) is 9.59 Å². The molecule has 1 aromatic carbocycles. The summed E-state index contributed by atoms with van der Waals surface area (Å²) >= 11 is 0. The molecule has 0 aromatic heterocycles. The van der Waals surface area contributed by atoms with E-state index in [1.807, 2.05) is 35.2 Å². The summed E-state index contributed by atoms with van der Waals surface area (Å²) in [5.74, 6) is -0.343. The minimum atomic E-state index is -1.04. The Morgan fingerprint density at radius 1 is 1.18 bits per heavy atom. The van der Waals surface area contributed by atoms with E-state index in [2.05, 4.69) is 4.74 Å². The Balaban J connectivity index is 1.96. The molecule has 6 nitrogen and oxygen atoms in total. The fourth-order valence-corrected chi connectivity index (χ4v) is 2.59. The van der Waals surface area contributed by atoms with Gasteiger partial charge < -0.3 is 15.4 Å². The van der Waals surface area contributed by atoms with Gasteiger partial charge in [-0.2, -0.15) is 0 Å². The molecule has 0 aliphatic carbocycles. The molecule has 120 valence electrons. The van der Waals surface area contributed by atoms with Gasteiger partial charge in [-0.3, -0.25) is 14.5 Å². The first-order chi connectivity index (χ1) is 10.4. The molecule has 1 aromatic rings. The van der Waals surface area contributed by atoms with Gasteiger partial charge in [-0.05, 0) is 12.5 Å². The van der Waals surface area contributed by atoms with E-state index in [-0.39, 0.29) is 18.4 Å². The molecule has 0 spiro atoms. The summed E-state index contributed by atoms with van der Waals surface area (Å²) in [6.07, 6.45) is 0. The zero-order chi connectivity index (χ0) is 16.2. The fourth-order valence-electron chi connectivity index (χ4n) is 2.59. The van der Waals surface area contributed by atoms with Crippen molar-refractivity contribution in [3.8, 4) is 0 Å². The molecule has 1 aliphatic rings. The summed E-state index contributed by atoms with van der Waals surface area (Å²) in [5.41, 5.74) is 6.04. The normalized spacial score (nSPS) is 18.6. The van der Waals surface area contributed by atoms with Gasteiger partial charge in [0.25, 0.3) is 0 Å². The highest BCUT2D eigenvalue weighted by Crippen LogP contribution is 2.21. The Morgan fingerprint density at radius 3 is 2.32 bits per heavy atom. The summed E-state index contributed by atoms with van der Waals surface area (Å²) in [5, 5.41) is 0. The largest absolute Gasteiger partial charge is 0.468 e. The number of benzene rings is 1. The third kappa shape index (κ3) is 3.64. The maximum atomic E-state index is 12.7. The number of carbonyl (C=O) groups excluding carboxylic acids is 2. The van der Waals surface area contributed by atoms with Crippen molar-refractivity contribution < 1.29 is 14.3 Å². The maximum absolute atomic E-state index is 12.7. The van der Waals surface area contributed by atoms with E-state index >= 15 is 0 Å². The van der Waals surface area contributed by atoms with E-state index in [0.717, 1.165) is 5.56 Å². The molecule has 2 rings (SSSR count). The van der Waals surface area contributed by atoms with Gasteiger partial charge in [0, 0.05) is 26.2 Å². The molecule has 6 heteroatoms. The fraction of sp³-hybridized carbons (Fsp3) is 0.500. The van der Waals surface area contributed by atoms with Crippen LogP contribution in [-0.4, -0.2) is 61.5 Å². The van der Waals surface area contributed by atoms with Crippen molar-refractivity contribution in [2.75, 3.05) is 39.8 Å². The van der Waals surface area contributed by atoms with Gasteiger partial charge in [-0.1, -0.05) is 30.3 Å². The molecule has 1 unspecified atom stereocenters. The maximum Gasteiger partial charge on any atom is 0.319 e. The molecule has 1 aliphatic heterocycles. The van der Waals surface area contributed by atoms with Crippen LogP contribution in [0.15, 0.2) is 30.3 Å². The number of nitrogens with two attached hydrogens (primary N) is 1. The number of hydrogen-bond donors (Lipinski definition) is 1. The lowest BCUT2D eigenvalue weighted by atomic mass is 9.91. The highest BCUT2D eigenvalue weighted by Gasteiger charge is 2.35. The topological polar surface area (TPSA) is 75.9 Å². The summed E-state index contributed by atoms with van der Waals surface area (Å²) in [7, 11) is 1.38. The van der Waals surface area contributed by atoms with Crippen LogP contribution in [0, 0.1) is 0 Å². The number of nitrogens with zero attached hydrogens (tertiary/aromatic N) is 2. The highest BCUT2D eigenvalue weighted by atomic mass is 16.5. The first-order valence-electron chi connectivity index (χ1n) is 7.38. The minimum Gasteiger partial charge on any atom is -0.468 e. The van der Waals surface area contributed by atoms with Crippen molar-refractivity contribution in [3.05, 3.63) is 35.9 Å². The van der Waals surface area contributed by atoms with Gasteiger partial charge in [0.05, 0.1) is 13.7 Å². The average molecular weight is 305 g/mol. The number of esters is 1. The molecule has 22 heavy (non-hydrogen) atoms. The standard InChI is InChI=1S/C16H23N3O3/c1-16(17,13-6-4-3-5-7-13)15(21)19-10-8-18(9-11-19)12-14(20)22-2/h3-7H,8-12,17H2,1-2H3. The van der Waals surface area contributed by atoms with E-state index in [0.29, 0.717) is 26.2 Å². The second kappa shape index (κ2) is 6.89. The lowest BCUT2D eigenvalue weighted by molar-refractivity contribution is -0.143. The van der Waals surface area contributed by atoms with Crippen LogP contribution < -0.4 is 5.73 Å². The predicted octanol–water partition coefficient (Wildman–Crippen LogP) is 0.178. The summed E-state index contributed by atoms with van der Waals surface area (Å²) < 4.78 is 4.66. The first-order valence-corrected chi connectivity index (χ1v) is 7.38. The molecular weight excluding hydrogens is 282 g/mol. The van der Waals surface area contributed by atoms with E-state index < -0.39 is 5.54 Å². The Kier molecular flexibility index (Phi) is 5.15. The van der Waals surface area contributed by atoms with Gasteiger partial charge in [0.1, 0.15) is 5.54 Å². The lowest BCUT2D eigenvalue weighted by Crippen LogP contribution is -2.57. The van der Waals surface area contributed by atoms with Gasteiger partial charge in [0.15, 0.2) is 0 Å². The van der Waals surface area contributed by atoms with Gasteiger partial charge >= 0.3 is 5.97 Å². The van der Waals surface area contributed by atoms with Crippen LogP contribution in [0.2, 0.25) is 0 Å². The summed E-state index contributed by atoms with van der Waals surface area (Å²) in [6.45, 7) is 4.42. The zero-order valence-corrected chi connectivity index (χ0v) is 13.1. The van der Waals surface area contributed by atoms with Crippen LogP contribution in [-0.2, 0) is 19.9 Å². The minimum absolute atomic E-state index is 0.0866. The monoisotopic (exact) mass is 305 g/mol. The van der Waals surface area contributed by atoms with Crippen LogP contribution >= 0.6 is 0 Å². The second-order valence-corrected chi connectivity index (χ2v) is 5.71. The number of ether oxygens (including phenoxy) is 1. The van der Waals surface area contributed by atoms with Crippen LogP contribution in [0.25, 0.3) is 0 Å². The molecule has 1 atom stereocenters. The number of hydrogen-bond acceptors (Lipinski definition) is 5. The Bertz CT molecular complexity index is 523. The molecule has 2 N–H and O–H groups in total. The summed E-state index contributed by atoms with van der Waals surface area (Å²) in [6, 6.07) is 9.39. The van der Waals surface area contributed by atoms with Gasteiger partial charge in [0.2, 0.25) is 5.91 Å². The smallest absolute Gasteiger partial charge is 0.319 e. The van der Waals surface area contributed by atoms with Crippen molar-refractivity contribution in [2.45, 2.75) is 12.5 Å². The zero-order valence-electron chi connectivity index (χ0n) is 13.1. The average Bonchev–Trinajstić information content (AvgIpc) is 2.55. The second-order valence-electron chi connectivity index (χ2n) is 5.71. The molecular formula is C16H23N3O3. The van der Waals surface area contributed by atoms with Crippen LogP contribution in [0.3, 0.4) is 0 Å². The van der Waals surface area contributed by atoms with Gasteiger partial charge in [-0.25, -0.2) is 0 Å². The molecule has 0 saturated carbocycles. The number of methoxy groups -OCH3 is 1. The third-order valence-electron chi connectivity index (χ3n) is 4.06. The molecule has 0 bridgehead atoms. The van der Waals surface area contributed by atoms with Crippen LogP contribution in [0.5, 0.6) is 0 Å². The first kappa shape index (κ1) is 16.5. The molecule has 1 fully saturated rings. The van der Waals surface area contributed by atoms with Crippen molar-refractivity contribution in [1.29, 1.82) is 0 Å². The van der Waals surface area contributed by atoms with Crippen LogP contribution in [0.1, 0.15) is 12.5 Å². The molecule has 1 amide bonds. The van der Waals surface area contributed by atoms with Crippen LogP contribution in [0.4, 0.5) is 0 Å². The molecule has 1 heterocycles. The number of amides is 1. The Morgan fingerprint density at radius 2 is 1.77 bits per heavy atom. The van der Waals surface area contributed by atoms with Crippen molar-refractivity contribution >= 4 is 11.9 Å². The van der Waals surface area contributed by atoms with Crippen molar-refractivity contribution in [2.24, 2.45) is 5.73 Å². The summed E-state index contributed by atoms with van der Waals surface area (Å²) in [4.78, 5) is 27.7. The number of carbonyl (C=O) groups is 2. The molecule has 1 saturated heterocycles.